The van der Waals surface area contributed by atoms with Crippen LogP contribution in [-0.4, -0.2) is 60.6 Å². The smallest absolute Gasteiger partial charge is 0.0224 e. The van der Waals surface area contributed by atoms with Gasteiger partial charge in [-0.3, -0.25) is 4.90 Å². The van der Waals surface area contributed by atoms with E-state index >= 15 is 0 Å². The average Bonchev–Trinajstić information content (AvgIpc) is 2.93. The molecule has 3 atom stereocenters. The Morgan fingerprint density at radius 3 is 2.84 bits per heavy atom. The van der Waals surface area contributed by atoms with Crippen LogP contribution < -0.4 is 5.32 Å². The summed E-state index contributed by atoms with van der Waals surface area (Å²) < 4.78 is 0. The molecule has 3 saturated heterocycles. The van der Waals surface area contributed by atoms with Gasteiger partial charge in [0.1, 0.15) is 0 Å². The van der Waals surface area contributed by atoms with Crippen LogP contribution in [0.25, 0.3) is 0 Å². The van der Waals surface area contributed by atoms with Crippen LogP contribution in [0.5, 0.6) is 0 Å². The Bertz CT molecular complexity index is 275. The van der Waals surface area contributed by atoms with Crippen molar-refractivity contribution in [2.45, 2.75) is 70.0 Å². The quantitative estimate of drug-likeness (QED) is 0.839. The van der Waals surface area contributed by atoms with E-state index in [1.54, 1.807) is 0 Å². The van der Waals surface area contributed by atoms with Crippen molar-refractivity contribution in [1.29, 1.82) is 0 Å². The van der Waals surface area contributed by atoms with E-state index in [4.69, 9.17) is 0 Å². The van der Waals surface area contributed by atoms with E-state index in [9.17, 15) is 0 Å². The Balaban J connectivity index is 1.62. The first kappa shape index (κ1) is 13.8. The van der Waals surface area contributed by atoms with E-state index in [1.807, 2.05) is 0 Å². The molecular formula is C16H31N3. The SMILES string of the molecule is CCCN(C1CCCNC1)C1CCN2CCCC2C1. The molecule has 3 heteroatoms. The molecule has 0 aromatic heterocycles. The lowest BCUT2D eigenvalue weighted by Crippen LogP contribution is -2.54. The zero-order valence-corrected chi connectivity index (χ0v) is 12.6. The number of fused-ring (bicyclic) bond motifs is 1. The monoisotopic (exact) mass is 265 g/mol. The van der Waals surface area contributed by atoms with Crippen molar-refractivity contribution in [3.05, 3.63) is 0 Å². The highest BCUT2D eigenvalue weighted by molar-refractivity contribution is 4.93. The standard InChI is InChI=1S/C16H31N3/c1-2-9-19(16-5-3-8-17-13-16)15-7-11-18-10-4-6-14(18)12-15/h14-17H,2-13H2,1H3. The molecule has 0 radical (unpaired) electrons. The molecule has 0 spiro atoms. The first-order chi connectivity index (χ1) is 9.38. The summed E-state index contributed by atoms with van der Waals surface area (Å²) in [6.07, 6.45) is 9.84. The second-order valence-corrected chi connectivity index (χ2v) is 6.75. The molecule has 19 heavy (non-hydrogen) atoms. The lowest BCUT2D eigenvalue weighted by molar-refractivity contribution is 0.0484. The molecule has 0 amide bonds. The maximum atomic E-state index is 3.61. The van der Waals surface area contributed by atoms with Crippen molar-refractivity contribution >= 4 is 0 Å². The number of rotatable bonds is 4. The summed E-state index contributed by atoms with van der Waals surface area (Å²) >= 11 is 0. The van der Waals surface area contributed by atoms with Crippen LogP contribution in [0.3, 0.4) is 0 Å². The number of hydrogen-bond donors (Lipinski definition) is 1. The summed E-state index contributed by atoms with van der Waals surface area (Å²) in [5.41, 5.74) is 0. The second kappa shape index (κ2) is 6.55. The fourth-order valence-electron chi connectivity index (χ4n) is 4.54. The third-order valence-corrected chi connectivity index (χ3v) is 5.48. The Morgan fingerprint density at radius 2 is 2.05 bits per heavy atom. The summed E-state index contributed by atoms with van der Waals surface area (Å²) in [6, 6.07) is 2.59. The molecule has 110 valence electrons. The van der Waals surface area contributed by atoms with Gasteiger partial charge in [0.15, 0.2) is 0 Å². The topological polar surface area (TPSA) is 18.5 Å². The molecule has 0 aliphatic carbocycles. The first-order valence-corrected chi connectivity index (χ1v) is 8.59. The van der Waals surface area contributed by atoms with Crippen molar-refractivity contribution in [1.82, 2.24) is 15.1 Å². The minimum Gasteiger partial charge on any atom is -0.315 e. The third kappa shape index (κ3) is 3.14. The number of nitrogens with zero attached hydrogens (tertiary/aromatic N) is 2. The summed E-state index contributed by atoms with van der Waals surface area (Å²) in [7, 11) is 0. The van der Waals surface area contributed by atoms with Crippen LogP contribution in [-0.2, 0) is 0 Å². The highest BCUT2D eigenvalue weighted by Gasteiger charge is 2.36. The zero-order chi connectivity index (χ0) is 13.1. The van der Waals surface area contributed by atoms with Gasteiger partial charge in [-0.2, -0.15) is 0 Å². The number of piperidine rings is 2. The van der Waals surface area contributed by atoms with Crippen LogP contribution in [0.1, 0.15) is 51.9 Å². The summed E-state index contributed by atoms with van der Waals surface area (Å²) in [5, 5.41) is 3.61. The van der Waals surface area contributed by atoms with Crippen LogP contribution in [0.4, 0.5) is 0 Å². The molecule has 3 rings (SSSR count). The fourth-order valence-corrected chi connectivity index (χ4v) is 4.54. The number of hydrogen-bond acceptors (Lipinski definition) is 3. The fraction of sp³-hybridized carbons (Fsp3) is 1.00. The highest BCUT2D eigenvalue weighted by atomic mass is 15.3. The lowest BCUT2D eigenvalue weighted by atomic mass is 9.93. The van der Waals surface area contributed by atoms with Gasteiger partial charge in [-0.25, -0.2) is 0 Å². The summed E-state index contributed by atoms with van der Waals surface area (Å²) in [4.78, 5) is 5.63. The molecule has 3 nitrogen and oxygen atoms in total. The van der Waals surface area contributed by atoms with Crippen LogP contribution >= 0.6 is 0 Å². The molecule has 1 N–H and O–H groups in total. The van der Waals surface area contributed by atoms with E-state index in [2.05, 4.69) is 22.0 Å². The summed E-state index contributed by atoms with van der Waals surface area (Å²) in [5.74, 6) is 0. The zero-order valence-electron chi connectivity index (χ0n) is 12.6. The van der Waals surface area contributed by atoms with Gasteiger partial charge in [-0.15, -0.1) is 0 Å². The molecule has 3 heterocycles. The molecule has 3 aliphatic rings. The van der Waals surface area contributed by atoms with Crippen LogP contribution in [0, 0.1) is 0 Å². The van der Waals surface area contributed by atoms with E-state index in [0.29, 0.717) is 0 Å². The molecule has 3 fully saturated rings. The van der Waals surface area contributed by atoms with Crippen molar-refractivity contribution in [3.63, 3.8) is 0 Å². The molecule has 0 saturated carbocycles. The van der Waals surface area contributed by atoms with Crippen molar-refractivity contribution in [2.75, 3.05) is 32.7 Å². The molecule has 3 unspecified atom stereocenters. The minimum atomic E-state index is 0.812. The average molecular weight is 265 g/mol. The van der Waals surface area contributed by atoms with Gasteiger partial charge < -0.3 is 10.2 Å². The molecule has 0 aromatic rings. The predicted octanol–water partition coefficient (Wildman–Crippen LogP) is 2.08. The molecule has 3 aliphatic heterocycles. The largest absolute Gasteiger partial charge is 0.315 e. The van der Waals surface area contributed by atoms with Crippen LogP contribution in [0.2, 0.25) is 0 Å². The number of nitrogens with one attached hydrogen (secondary N) is 1. The Labute approximate surface area is 118 Å². The maximum Gasteiger partial charge on any atom is 0.0224 e. The van der Waals surface area contributed by atoms with Crippen molar-refractivity contribution in [2.24, 2.45) is 0 Å². The van der Waals surface area contributed by atoms with Crippen molar-refractivity contribution in [3.8, 4) is 0 Å². The van der Waals surface area contributed by atoms with E-state index in [-0.39, 0.29) is 0 Å². The highest BCUT2D eigenvalue weighted by Crippen LogP contribution is 2.31. The molecular weight excluding hydrogens is 234 g/mol. The minimum absolute atomic E-state index is 0.812. The van der Waals surface area contributed by atoms with Gasteiger partial charge in [0.25, 0.3) is 0 Å². The van der Waals surface area contributed by atoms with Gasteiger partial charge in [0.05, 0.1) is 0 Å². The van der Waals surface area contributed by atoms with Gasteiger partial charge >= 0.3 is 0 Å². The Kier molecular flexibility index (Phi) is 4.78. The van der Waals surface area contributed by atoms with Gasteiger partial charge in [-0.05, 0) is 71.1 Å². The van der Waals surface area contributed by atoms with Gasteiger partial charge in [-0.1, -0.05) is 6.92 Å². The maximum absolute atomic E-state index is 3.61. The van der Waals surface area contributed by atoms with E-state index in [1.165, 1.54) is 77.7 Å². The predicted molar refractivity (Wildman–Crippen MR) is 80.5 cm³/mol. The van der Waals surface area contributed by atoms with Gasteiger partial charge in [0.2, 0.25) is 0 Å². The first-order valence-electron chi connectivity index (χ1n) is 8.59. The van der Waals surface area contributed by atoms with Crippen LogP contribution in [0.15, 0.2) is 0 Å². The summed E-state index contributed by atoms with van der Waals surface area (Å²) in [6.45, 7) is 8.84. The van der Waals surface area contributed by atoms with E-state index in [0.717, 1.165) is 18.1 Å². The third-order valence-electron chi connectivity index (χ3n) is 5.48. The Hall–Kier alpha value is -0.120. The van der Waals surface area contributed by atoms with E-state index < -0.39 is 0 Å². The normalized spacial score (nSPS) is 36.6. The Morgan fingerprint density at radius 1 is 1.11 bits per heavy atom. The molecule has 0 bridgehead atoms. The molecule has 0 aromatic carbocycles. The van der Waals surface area contributed by atoms with Crippen molar-refractivity contribution < 1.29 is 0 Å². The lowest BCUT2D eigenvalue weighted by Gasteiger charge is -2.45. The van der Waals surface area contributed by atoms with Gasteiger partial charge in [0, 0.05) is 24.7 Å². The second-order valence-electron chi connectivity index (χ2n) is 6.75.